The highest BCUT2D eigenvalue weighted by atomic mass is 15.0. The Balaban J connectivity index is 1.04. The van der Waals surface area contributed by atoms with Crippen LogP contribution in [0.1, 0.15) is 94.5 Å². The number of hydrogen-bond acceptors (Lipinski definition) is 0. The minimum Gasteiger partial charge on any atom is -0.313 e. The van der Waals surface area contributed by atoms with Gasteiger partial charge < -0.3 is 4.57 Å². The van der Waals surface area contributed by atoms with Gasteiger partial charge in [0.25, 0.3) is 0 Å². The van der Waals surface area contributed by atoms with E-state index in [0.717, 1.165) is 44.9 Å². The van der Waals surface area contributed by atoms with Gasteiger partial charge in [-0.05, 0) is 125 Å². The zero-order valence-corrected chi connectivity index (χ0v) is 32.4. The molecule has 0 radical (unpaired) electrons. The third-order valence-electron chi connectivity index (χ3n) is 13.1. The molecule has 3 unspecified atom stereocenters. The SMILES string of the molecule is C1=CCC(c2cc(-c3ccccc3)cc(-n3c4c(c5c6c(ccc53)CC(c3cccc(C5=CC(c7ccccc7)CC=C5)c3)=C3CCC=CC36)C=CCC4)c2)C=C1. The van der Waals surface area contributed by atoms with Crippen LogP contribution in [0, 0.1) is 0 Å². The Kier molecular flexibility index (Phi) is 8.61. The number of benzene rings is 5. The average molecular weight is 734 g/mol. The van der Waals surface area contributed by atoms with Crippen molar-refractivity contribution in [3.05, 3.63) is 226 Å². The summed E-state index contributed by atoms with van der Waals surface area (Å²) in [4.78, 5) is 0. The van der Waals surface area contributed by atoms with Crippen LogP contribution in [0.15, 0.2) is 182 Å². The monoisotopic (exact) mass is 733 g/mol. The minimum absolute atomic E-state index is 0.279. The first-order valence-electron chi connectivity index (χ1n) is 21.1. The highest BCUT2D eigenvalue weighted by molar-refractivity contribution is 5.99. The zero-order chi connectivity index (χ0) is 37.7. The molecule has 5 aromatic carbocycles. The van der Waals surface area contributed by atoms with E-state index in [1.165, 1.54) is 83.5 Å². The van der Waals surface area contributed by atoms with Crippen molar-refractivity contribution in [1.29, 1.82) is 0 Å². The molecule has 11 rings (SSSR count). The lowest BCUT2D eigenvalue weighted by atomic mass is 9.71. The molecule has 1 heterocycles. The molecule has 5 aliphatic rings. The zero-order valence-electron chi connectivity index (χ0n) is 32.4. The number of rotatable bonds is 6. The molecular formula is C56H47N. The van der Waals surface area contributed by atoms with Crippen LogP contribution in [-0.4, -0.2) is 4.57 Å². The van der Waals surface area contributed by atoms with Gasteiger partial charge in [0.15, 0.2) is 0 Å². The van der Waals surface area contributed by atoms with Crippen molar-refractivity contribution >= 4 is 28.1 Å². The van der Waals surface area contributed by atoms with Crippen LogP contribution in [0.2, 0.25) is 0 Å². The van der Waals surface area contributed by atoms with Crippen molar-refractivity contribution in [2.45, 2.75) is 62.7 Å². The van der Waals surface area contributed by atoms with Crippen LogP contribution in [0.3, 0.4) is 0 Å². The van der Waals surface area contributed by atoms with Gasteiger partial charge in [-0.2, -0.15) is 0 Å². The van der Waals surface area contributed by atoms with Crippen molar-refractivity contribution < 1.29 is 0 Å². The van der Waals surface area contributed by atoms with Crippen molar-refractivity contribution in [1.82, 2.24) is 4.57 Å². The predicted molar refractivity (Wildman–Crippen MR) is 241 cm³/mol. The number of allylic oxidation sites excluding steroid dienone is 13. The molecule has 0 fully saturated rings. The maximum Gasteiger partial charge on any atom is 0.0541 e. The van der Waals surface area contributed by atoms with Gasteiger partial charge in [0, 0.05) is 40.1 Å². The smallest absolute Gasteiger partial charge is 0.0541 e. The molecule has 0 amide bonds. The summed E-state index contributed by atoms with van der Waals surface area (Å²) >= 11 is 0. The van der Waals surface area contributed by atoms with Crippen LogP contribution >= 0.6 is 0 Å². The largest absolute Gasteiger partial charge is 0.313 e. The fourth-order valence-corrected chi connectivity index (χ4v) is 10.4. The molecule has 57 heavy (non-hydrogen) atoms. The molecule has 0 saturated carbocycles. The van der Waals surface area contributed by atoms with Gasteiger partial charge >= 0.3 is 0 Å². The van der Waals surface area contributed by atoms with Gasteiger partial charge in [-0.1, -0.05) is 163 Å². The Hall–Kier alpha value is -6.18. The van der Waals surface area contributed by atoms with E-state index in [1.807, 2.05) is 0 Å². The van der Waals surface area contributed by atoms with Crippen LogP contribution < -0.4 is 0 Å². The molecule has 1 heteroatoms. The normalized spacial score (nSPS) is 20.7. The van der Waals surface area contributed by atoms with Crippen molar-refractivity contribution in [3.8, 4) is 16.8 Å². The van der Waals surface area contributed by atoms with Crippen molar-refractivity contribution in [3.63, 3.8) is 0 Å². The lowest BCUT2D eigenvalue weighted by Gasteiger charge is -2.33. The second kappa shape index (κ2) is 14.4. The Morgan fingerprint density at radius 3 is 2.26 bits per heavy atom. The first-order valence-corrected chi connectivity index (χ1v) is 21.1. The van der Waals surface area contributed by atoms with Gasteiger partial charge in [-0.25, -0.2) is 0 Å². The number of aromatic nitrogens is 1. The standard InChI is InChI=1S/C56H47N/c1-4-16-38(17-5-1)41-22-14-23-42(32-41)43-24-15-25-44(33-43)52-37-45-30-31-54-56(55(45)50-27-11-10-26-49(50)52)51-28-12-13-29-53(51)57(54)48-35-46(39-18-6-2-7-19-39)34-47(36-48)40-20-8-3-9-21-40/h1-9,11-12,14-20,23-25,27-28,30-36,40-41,50H,10,13,21-22,26,29,37H2. The van der Waals surface area contributed by atoms with E-state index in [4.69, 9.17) is 0 Å². The molecule has 0 spiro atoms. The van der Waals surface area contributed by atoms with Gasteiger partial charge in [-0.3, -0.25) is 0 Å². The van der Waals surface area contributed by atoms with E-state index in [-0.39, 0.29) is 5.92 Å². The first kappa shape index (κ1) is 34.1. The summed E-state index contributed by atoms with van der Waals surface area (Å²) < 4.78 is 2.63. The van der Waals surface area contributed by atoms with Gasteiger partial charge in [0.1, 0.15) is 0 Å². The van der Waals surface area contributed by atoms with E-state index in [2.05, 4.69) is 187 Å². The Bertz CT molecular complexity index is 2760. The summed E-state index contributed by atoms with van der Waals surface area (Å²) in [5, 5.41) is 1.46. The molecule has 5 aliphatic carbocycles. The number of nitrogens with zero attached hydrogens (tertiary/aromatic N) is 1. The van der Waals surface area contributed by atoms with Crippen LogP contribution in [0.25, 0.3) is 44.9 Å². The summed E-state index contributed by atoms with van der Waals surface area (Å²) in [7, 11) is 0. The summed E-state index contributed by atoms with van der Waals surface area (Å²) in [6.45, 7) is 0. The highest BCUT2D eigenvalue weighted by Crippen LogP contribution is 2.50. The molecule has 6 aromatic rings. The summed E-state index contributed by atoms with van der Waals surface area (Å²) in [5.41, 5.74) is 21.0. The molecule has 1 aromatic heterocycles. The van der Waals surface area contributed by atoms with E-state index < -0.39 is 0 Å². The Morgan fingerprint density at radius 2 is 1.39 bits per heavy atom. The van der Waals surface area contributed by atoms with Crippen molar-refractivity contribution in [2.75, 3.05) is 0 Å². The van der Waals surface area contributed by atoms with E-state index in [9.17, 15) is 0 Å². The molecule has 0 bridgehead atoms. The predicted octanol–water partition coefficient (Wildman–Crippen LogP) is 14.4. The van der Waals surface area contributed by atoms with Crippen molar-refractivity contribution in [2.24, 2.45) is 0 Å². The lowest BCUT2D eigenvalue weighted by molar-refractivity contribution is 0.802. The fraction of sp³-hybridized carbons (Fsp3) is 0.179. The van der Waals surface area contributed by atoms with Crippen LogP contribution in [0.5, 0.6) is 0 Å². The third kappa shape index (κ3) is 6.09. The van der Waals surface area contributed by atoms with Gasteiger partial charge in [-0.15, -0.1) is 0 Å². The summed E-state index contributed by atoms with van der Waals surface area (Å²) in [6.07, 6.45) is 33.4. The quantitative estimate of drug-likeness (QED) is 0.150. The van der Waals surface area contributed by atoms with Crippen LogP contribution in [0.4, 0.5) is 0 Å². The molecule has 276 valence electrons. The first-order chi connectivity index (χ1) is 28.3. The molecular weight excluding hydrogens is 687 g/mol. The molecule has 0 aliphatic heterocycles. The molecule has 3 atom stereocenters. The maximum absolute atomic E-state index is 2.63. The topological polar surface area (TPSA) is 4.93 Å². The Morgan fingerprint density at radius 1 is 0.561 bits per heavy atom. The van der Waals surface area contributed by atoms with Crippen LogP contribution in [-0.2, 0) is 12.8 Å². The fourth-order valence-electron chi connectivity index (χ4n) is 10.4. The molecule has 0 N–H and O–H groups in total. The van der Waals surface area contributed by atoms with E-state index in [1.54, 1.807) is 5.57 Å². The average Bonchev–Trinajstić information content (AvgIpc) is 3.64. The second-order valence-corrected chi connectivity index (χ2v) is 16.5. The molecule has 0 saturated heterocycles. The number of hydrogen-bond donors (Lipinski definition) is 0. The molecule has 1 nitrogen and oxygen atoms in total. The third-order valence-corrected chi connectivity index (χ3v) is 13.1. The Labute approximate surface area is 337 Å². The number of fused-ring (bicyclic) bond motifs is 7. The van der Waals surface area contributed by atoms with E-state index >= 15 is 0 Å². The van der Waals surface area contributed by atoms with E-state index in [0.29, 0.717) is 11.8 Å². The highest BCUT2D eigenvalue weighted by Gasteiger charge is 2.33. The van der Waals surface area contributed by atoms with Gasteiger partial charge in [0.2, 0.25) is 0 Å². The second-order valence-electron chi connectivity index (χ2n) is 16.5. The summed E-state index contributed by atoms with van der Waals surface area (Å²) in [5.74, 6) is 1.06. The van der Waals surface area contributed by atoms with Gasteiger partial charge in [0.05, 0.1) is 5.52 Å². The maximum atomic E-state index is 2.63. The minimum atomic E-state index is 0.279. The summed E-state index contributed by atoms with van der Waals surface area (Å²) in [6, 6.07) is 43.6. The lowest BCUT2D eigenvalue weighted by Crippen LogP contribution is -2.16.